The highest BCUT2D eigenvalue weighted by Gasteiger charge is 2.06. The van der Waals surface area contributed by atoms with Gasteiger partial charge in [0.25, 0.3) is 0 Å². The molecule has 0 aromatic carbocycles. The van der Waals surface area contributed by atoms with Crippen molar-refractivity contribution in [3.63, 3.8) is 0 Å². The fourth-order valence-electron chi connectivity index (χ4n) is 1.84. The van der Waals surface area contributed by atoms with Gasteiger partial charge in [0.2, 0.25) is 0 Å². The zero-order chi connectivity index (χ0) is 13.5. The normalized spacial score (nSPS) is 12.5. The van der Waals surface area contributed by atoms with E-state index in [-0.39, 0.29) is 6.10 Å². The molecule has 1 unspecified atom stereocenters. The van der Waals surface area contributed by atoms with E-state index in [1.807, 2.05) is 10.9 Å². The van der Waals surface area contributed by atoms with E-state index in [0.717, 1.165) is 31.8 Å². The van der Waals surface area contributed by atoms with Crippen LogP contribution in [0.4, 0.5) is 0 Å². The monoisotopic (exact) mass is 279 g/mol. The molecule has 0 bridgehead atoms. The molecule has 2 heterocycles. The maximum atomic E-state index is 5.82. The molecule has 2 rings (SSSR count). The Morgan fingerprint density at radius 1 is 1.53 bits per heavy atom. The zero-order valence-corrected chi connectivity index (χ0v) is 12.3. The van der Waals surface area contributed by atoms with Gasteiger partial charge in [-0.05, 0) is 24.8 Å². The van der Waals surface area contributed by atoms with Crippen molar-refractivity contribution in [1.29, 1.82) is 0 Å². The number of rotatable bonds is 8. The molecule has 0 fully saturated rings. The molecule has 0 aliphatic rings. The lowest BCUT2D eigenvalue weighted by Gasteiger charge is -2.13. The lowest BCUT2D eigenvalue weighted by atomic mass is 10.4. The van der Waals surface area contributed by atoms with Gasteiger partial charge in [-0.3, -0.25) is 4.68 Å². The molecule has 0 aliphatic carbocycles. The SMILES string of the molecule is CCCn1cc(OC(C)CNCc2cccs2)cn1. The number of thiophene rings is 1. The van der Waals surface area contributed by atoms with Crippen LogP contribution in [0.2, 0.25) is 0 Å². The summed E-state index contributed by atoms with van der Waals surface area (Å²) in [4.78, 5) is 1.35. The van der Waals surface area contributed by atoms with Crippen LogP contribution in [0.25, 0.3) is 0 Å². The molecule has 2 aromatic rings. The predicted octanol–water partition coefficient (Wildman–Crippen LogP) is 2.91. The van der Waals surface area contributed by atoms with Crippen molar-refractivity contribution in [1.82, 2.24) is 15.1 Å². The van der Waals surface area contributed by atoms with Gasteiger partial charge in [-0.15, -0.1) is 11.3 Å². The van der Waals surface area contributed by atoms with Gasteiger partial charge in [0, 0.05) is 24.5 Å². The second-order valence-electron chi connectivity index (χ2n) is 4.58. The molecule has 1 atom stereocenters. The van der Waals surface area contributed by atoms with Gasteiger partial charge in [0.1, 0.15) is 6.10 Å². The van der Waals surface area contributed by atoms with Crippen LogP contribution in [0.5, 0.6) is 5.75 Å². The van der Waals surface area contributed by atoms with Crippen molar-refractivity contribution in [2.24, 2.45) is 0 Å². The fraction of sp³-hybridized carbons (Fsp3) is 0.500. The zero-order valence-electron chi connectivity index (χ0n) is 11.5. The molecule has 5 heteroatoms. The minimum absolute atomic E-state index is 0.138. The first-order valence-electron chi connectivity index (χ1n) is 6.70. The number of aromatic nitrogens is 2. The summed E-state index contributed by atoms with van der Waals surface area (Å²) in [6, 6.07) is 4.21. The van der Waals surface area contributed by atoms with Gasteiger partial charge < -0.3 is 10.1 Å². The molecule has 19 heavy (non-hydrogen) atoms. The minimum Gasteiger partial charge on any atom is -0.486 e. The van der Waals surface area contributed by atoms with E-state index in [9.17, 15) is 0 Å². The number of ether oxygens (including phenoxy) is 1. The Hall–Kier alpha value is -1.33. The van der Waals surface area contributed by atoms with Crippen molar-refractivity contribution in [2.45, 2.75) is 39.5 Å². The number of hydrogen-bond acceptors (Lipinski definition) is 4. The number of hydrogen-bond donors (Lipinski definition) is 1. The molecular formula is C14H21N3OS. The second kappa shape index (κ2) is 7.31. The first kappa shape index (κ1) is 14.1. The number of aryl methyl sites for hydroxylation is 1. The average molecular weight is 279 g/mol. The Balaban J connectivity index is 1.69. The maximum absolute atomic E-state index is 5.82. The highest BCUT2D eigenvalue weighted by atomic mass is 32.1. The third-order valence-electron chi connectivity index (χ3n) is 2.71. The summed E-state index contributed by atoms with van der Waals surface area (Å²) < 4.78 is 7.74. The molecule has 0 saturated carbocycles. The van der Waals surface area contributed by atoms with E-state index in [2.05, 4.69) is 41.8 Å². The van der Waals surface area contributed by atoms with E-state index in [1.54, 1.807) is 17.5 Å². The van der Waals surface area contributed by atoms with Crippen LogP contribution in [-0.2, 0) is 13.1 Å². The first-order valence-corrected chi connectivity index (χ1v) is 7.58. The van der Waals surface area contributed by atoms with Crippen LogP contribution in [-0.4, -0.2) is 22.4 Å². The Labute approximate surface area is 118 Å². The molecule has 0 radical (unpaired) electrons. The molecule has 0 spiro atoms. The quantitative estimate of drug-likeness (QED) is 0.807. The predicted molar refractivity (Wildman–Crippen MR) is 78.6 cm³/mol. The molecule has 2 aromatic heterocycles. The van der Waals surface area contributed by atoms with Crippen molar-refractivity contribution < 1.29 is 4.74 Å². The van der Waals surface area contributed by atoms with Crippen LogP contribution >= 0.6 is 11.3 Å². The standard InChI is InChI=1S/C14H21N3OS/c1-3-6-17-11-13(9-16-17)18-12(2)8-15-10-14-5-4-7-19-14/h4-5,7,9,11-12,15H,3,6,8,10H2,1-2H3. The summed E-state index contributed by atoms with van der Waals surface area (Å²) in [6.45, 7) is 6.88. The Morgan fingerprint density at radius 3 is 3.16 bits per heavy atom. The molecule has 104 valence electrons. The van der Waals surface area contributed by atoms with E-state index in [1.165, 1.54) is 4.88 Å². The van der Waals surface area contributed by atoms with Gasteiger partial charge in [-0.2, -0.15) is 5.10 Å². The summed E-state index contributed by atoms with van der Waals surface area (Å²) >= 11 is 1.77. The van der Waals surface area contributed by atoms with Crippen LogP contribution in [0.15, 0.2) is 29.9 Å². The summed E-state index contributed by atoms with van der Waals surface area (Å²) in [5.74, 6) is 0.846. The summed E-state index contributed by atoms with van der Waals surface area (Å²) in [6.07, 6.45) is 4.96. The topological polar surface area (TPSA) is 39.1 Å². The molecular weight excluding hydrogens is 258 g/mol. The summed E-state index contributed by atoms with van der Waals surface area (Å²) in [7, 11) is 0. The Morgan fingerprint density at radius 2 is 2.42 bits per heavy atom. The molecule has 4 nitrogen and oxygen atoms in total. The number of nitrogens with one attached hydrogen (secondary N) is 1. The van der Waals surface area contributed by atoms with Crippen molar-refractivity contribution in [2.75, 3.05) is 6.54 Å². The molecule has 0 saturated heterocycles. The van der Waals surface area contributed by atoms with Crippen LogP contribution in [0, 0.1) is 0 Å². The summed E-state index contributed by atoms with van der Waals surface area (Å²) in [5, 5.41) is 9.75. The highest BCUT2D eigenvalue weighted by molar-refractivity contribution is 7.09. The Kier molecular flexibility index (Phi) is 5.42. The molecule has 0 aliphatic heterocycles. The number of nitrogens with zero attached hydrogens (tertiary/aromatic N) is 2. The van der Waals surface area contributed by atoms with Crippen LogP contribution < -0.4 is 10.1 Å². The van der Waals surface area contributed by atoms with Crippen LogP contribution in [0.1, 0.15) is 25.1 Å². The van der Waals surface area contributed by atoms with Crippen molar-refractivity contribution >= 4 is 11.3 Å². The van der Waals surface area contributed by atoms with Gasteiger partial charge in [0.05, 0.1) is 12.4 Å². The lowest BCUT2D eigenvalue weighted by Crippen LogP contribution is -2.28. The lowest BCUT2D eigenvalue weighted by molar-refractivity contribution is 0.216. The van der Waals surface area contributed by atoms with Gasteiger partial charge >= 0.3 is 0 Å². The van der Waals surface area contributed by atoms with E-state index in [4.69, 9.17) is 4.74 Å². The smallest absolute Gasteiger partial charge is 0.157 e. The minimum atomic E-state index is 0.138. The third-order valence-corrected chi connectivity index (χ3v) is 3.59. The molecule has 1 N–H and O–H groups in total. The highest BCUT2D eigenvalue weighted by Crippen LogP contribution is 2.11. The van der Waals surface area contributed by atoms with Gasteiger partial charge in [0.15, 0.2) is 5.75 Å². The maximum Gasteiger partial charge on any atom is 0.157 e. The van der Waals surface area contributed by atoms with Gasteiger partial charge in [-0.1, -0.05) is 13.0 Å². The molecule has 0 amide bonds. The second-order valence-corrected chi connectivity index (χ2v) is 5.61. The Bertz CT molecular complexity index is 467. The van der Waals surface area contributed by atoms with Gasteiger partial charge in [-0.25, -0.2) is 0 Å². The van der Waals surface area contributed by atoms with E-state index in [0.29, 0.717) is 0 Å². The largest absolute Gasteiger partial charge is 0.486 e. The van der Waals surface area contributed by atoms with E-state index < -0.39 is 0 Å². The first-order chi connectivity index (χ1) is 9.28. The van der Waals surface area contributed by atoms with Crippen LogP contribution in [0.3, 0.4) is 0 Å². The fourth-order valence-corrected chi connectivity index (χ4v) is 2.52. The average Bonchev–Trinajstić information content (AvgIpc) is 3.02. The summed E-state index contributed by atoms with van der Waals surface area (Å²) in [5.41, 5.74) is 0. The third kappa shape index (κ3) is 4.69. The van der Waals surface area contributed by atoms with Crippen molar-refractivity contribution in [3.8, 4) is 5.75 Å². The van der Waals surface area contributed by atoms with E-state index >= 15 is 0 Å². The van der Waals surface area contributed by atoms with Crippen molar-refractivity contribution in [3.05, 3.63) is 34.8 Å².